The van der Waals surface area contributed by atoms with Gasteiger partial charge in [0.15, 0.2) is 14.6 Å². The van der Waals surface area contributed by atoms with Crippen molar-refractivity contribution in [3.63, 3.8) is 0 Å². The molecule has 10 aliphatic rings. The molecule has 0 saturated carbocycles. The molecule has 10 aliphatic heterocycles. The Labute approximate surface area is 617 Å². The van der Waals surface area contributed by atoms with Crippen molar-refractivity contribution in [3.05, 3.63) is 191 Å². The molecule has 104 heavy (non-hydrogen) atoms. The normalized spacial score (nSPS) is 16.1. The lowest BCUT2D eigenvalue weighted by Gasteiger charge is -2.52. The van der Waals surface area contributed by atoms with Gasteiger partial charge in [-0.2, -0.15) is 0 Å². The Bertz CT molecular complexity index is 5710. The fraction of sp³-hybridized carbons (Fsp3) is 0.283. The maximum Gasteiger partial charge on any atom is 0.252 e. The van der Waals surface area contributed by atoms with E-state index in [1.807, 2.05) is 0 Å². The van der Waals surface area contributed by atoms with E-state index in [1.54, 1.807) is 0 Å². The van der Waals surface area contributed by atoms with Gasteiger partial charge in [0.1, 0.15) is 0 Å². The van der Waals surface area contributed by atoms with Crippen LogP contribution < -0.4 is 107 Å². The van der Waals surface area contributed by atoms with Gasteiger partial charge in [0, 0.05) is 114 Å². The van der Waals surface area contributed by atoms with Gasteiger partial charge in [0.05, 0.1) is 0 Å². The number of anilines is 14. The molecule has 0 aromatic heterocycles. The molecule has 0 atom stereocenters. The number of rotatable bonds is 0. The van der Waals surface area contributed by atoms with Crippen LogP contribution in [0, 0.1) is 0 Å². The van der Waals surface area contributed by atoms with E-state index < -0.39 is 0 Å². The van der Waals surface area contributed by atoms with E-state index in [0.717, 1.165) is 12.9 Å². The topological polar surface area (TPSA) is 37.0 Å². The Morgan fingerprint density at radius 3 is 0.952 bits per heavy atom. The second kappa shape index (κ2) is 19.6. The van der Waals surface area contributed by atoms with Crippen molar-refractivity contribution in [1.29, 1.82) is 0 Å². The Kier molecular flexibility index (Phi) is 11.7. The molecule has 6 nitrogen and oxygen atoms in total. The van der Waals surface area contributed by atoms with Gasteiger partial charge in [-0.15, -0.1) is 0 Å². The molecule has 10 heterocycles. The summed E-state index contributed by atoms with van der Waals surface area (Å²) < 4.78 is 0. The van der Waals surface area contributed by atoms with Crippen molar-refractivity contribution in [1.82, 2.24) is 0 Å². The first-order chi connectivity index (χ1) is 49.4. The first kappa shape index (κ1) is 62.0. The Hall–Kier alpha value is -9.39. The zero-order valence-corrected chi connectivity index (χ0v) is 63.7. The molecule has 12 heteroatoms. The standard InChI is InChI=1S/C92H86B6N6/c1-87(2,3)47-27-33-61-55(39-47)95-45-101-65-35-29-49(89(7,8)9)41-57(65)97-59-43-51(91(13,14)15)31-37-67(59)103-63-25-21-19-23-53(63)93-75-69-72-71(81(99-61)77(95)73(69)83(101)79(97)85(75)103)70-74-78-82(72)100-62-34-28-48(88(4,5)6)40-56(62)96(78)46-102-66-36-30-50(90(10,11)12)42-58(66)98-60-44-52(92(16,17)18)32-38-68(60)104-64-26-22-20-24-54(64)94-76(70)86(104)80(98)84(74)102/h19-44,99-100H,45-46H2,1-18H3. The van der Waals surface area contributed by atoms with Crippen LogP contribution >= 0.6 is 0 Å². The monoisotopic (exact) mass is 1340 g/mol. The van der Waals surface area contributed by atoms with Crippen molar-refractivity contribution >= 4 is 230 Å². The predicted octanol–water partition coefficient (Wildman–Crippen LogP) is 12.8. The summed E-state index contributed by atoms with van der Waals surface area (Å²) in [6.45, 7) is 43.0. The summed E-state index contributed by atoms with van der Waals surface area (Å²) in [7, 11) is 5.31. The Morgan fingerprint density at radius 1 is 0.298 bits per heavy atom. The summed E-state index contributed by atoms with van der Waals surface area (Å²) >= 11 is 0. The summed E-state index contributed by atoms with van der Waals surface area (Å²) in [5.74, 6) is 0. The summed E-state index contributed by atoms with van der Waals surface area (Å²) in [6.07, 6.45) is 1.59. The predicted molar refractivity (Wildman–Crippen MR) is 456 cm³/mol. The molecule has 2 radical (unpaired) electrons. The van der Waals surface area contributed by atoms with E-state index in [9.17, 15) is 0 Å². The van der Waals surface area contributed by atoms with E-state index in [2.05, 4.69) is 327 Å². The third-order valence-corrected chi connectivity index (χ3v) is 26.3. The lowest BCUT2D eigenvalue weighted by atomic mass is 9.29. The maximum atomic E-state index is 4.60. The SMILES string of the molecule is CC(C)(C)c1ccc2c(c1)B1CN3c4ccc(C(C)(C)C)cc4B4c5cc(C(C)(C)C)ccc5N5c6ccccc6[B]c6c5c4c3c3c1c(c1c4c5c7c8c9c4c4c(c1c63)Nc1ccc(C(C)(C)C)cc1B4CN9c1ccc(C(C)(C)C)cc1B8c1cc(C(C)(C)C)ccc1N7c1ccccc1[B]5)N2. The molecule has 2 N–H and O–H groups in total. The van der Waals surface area contributed by atoms with Crippen LogP contribution in [0.3, 0.4) is 0 Å². The van der Waals surface area contributed by atoms with E-state index in [-0.39, 0.29) is 59.3 Å². The molecule has 0 saturated heterocycles. The van der Waals surface area contributed by atoms with Crippen molar-refractivity contribution < 1.29 is 0 Å². The van der Waals surface area contributed by atoms with Crippen LogP contribution in [-0.2, 0) is 32.5 Å². The Balaban J connectivity index is 0.992. The summed E-state index contributed by atoms with van der Waals surface area (Å²) in [6, 6.07) is 64.2. The molecule has 0 spiro atoms. The Morgan fingerprint density at radius 2 is 0.606 bits per heavy atom. The number of nitrogens with zero attached hydrogens (tertiary/aromatic N) is 4. The zero-order valence-electron chi connectivity index (χ0n) is 63.7. The van der Waals surface area contributed by atoms with E-state index in [1.165, 1.54) is 222 Å². The van der Waals surface area contributed by atoms with Crippen LogP contribution in [-0.4, -0.2) is 54.3 Å². The number of nitrogens with one attached hydrogen (secondary N) is 2. The van der Waals surface area contributed by atoms with Gasteiger partial charge in [-0.25, -0.2) is 0 Å². The van der Waals surface area contributed by atoms with Crippen LogP contribution in [0.4, 0.5) is 79.6 Å². The third kappa shape index (κ3) is 7.85. The van der Waals surface area contributed by atoms with Crippen LogP contribution in [0.25, 0.3) is 32.3 Å². The number of hydrogen-bond acceptors (Lipinski definition) is 6. The molecule has 0 bridgehead atoms. The zero-order chi connectivity index (χ0) is 71.3. The highest BCUT2D eigenvalue weighted by molar-refractivity contribution is 7.04. The van der Waals surface area contributed by atoms with Crippen molar-refractivity contribution in [2.75, 3.05) is 43.1 Å². The molecule has 12 aromatic carbocycles. The van der Waals surface area contributed by atoms with E-state index in [0.29, 0.717) is 0 Å². The molecule has 0 fully saturated rings. The van der Waals surface area contributed by atoms with Gasteiger partial charge in [-0.1, -0.05) is 245 Å². The van der Waals surface area contributed by atoms with Crippen LogP contribution in [0.1, 0.15) is 158 Å². The van der Waals surface area contributed by atoms with Crippen LogP contribution in [0.5, 0.6) is 0 Å². The molecule has 22 rings (SSSR count). The van der Waals surface area contributed by atoms with Gasteiger partial charge in [-0.3, -0.25) is 0 Å². The quantitative estimate of drug-likeness (QED) is 0.116. The smallest absolute Gasteiger partial charge is 0.252 e. The van der Waals surface area contributed by atoms with Crippen molar-refractivity contribution in [3.8, 4) is 0 Å². The minimum Gasteiger partial charge on any atom is -0.356 e. The number of fused-ring (bicyclic) bond motifs is 27. The van der Waals surface area contributed by atoms with Gasteiger partial charge >= 0.3 is 0 Å². The lowest BCUT2D eigenvalue weighted by molar-refractivity contribution is 0.590. The molecule has 12 aromatic rings. The van der Waals surface area contributed by atoms with Gasteiger partial charge in [0.25, 0.3) is 13.4 Å². The molecule has 0 aliphatic carbocycles. The van der Waals surface area contributed by atoms with Crippen LogP contribution in [0.15, 0.2) is 158 Å². The first-order valence-corrected chi connectivity index (χ1v) is 38.6. The minimum absolute atomic E-state index is 0.00585. The van der Waals surface area contributed by atoms with Crippen molar-refractivity contribution in [2.24, 2.45) is 0 Å². The highest BCUT2D eigenvalue weighted by Gasteiger charge is 2.56. The molecule has 502 valence electrons. The number of para-hydroxylation sites is 2. The summed E-state index contributed by atoms with van der Waals surface area (Å²) in [4.78, 5) is 11.2. The molecule has 0 unspecified atom stereocenters. The van der Waals surface area contributed by atoms with E-state index in [4.69, 9.17) is 0 Å². The third-order valence-electron chi connectivity index (χ3n) is 26.3. The number of hydrogen-bond donors (Lipinski definition) is 2. The van der Waals surface area contributed by atoms with Gasteiger partial charge in [0.2, 0.25) is 13.4 Å². The maximum absolute atomic E-state index is 4.60. The van der Waals surface area contributed by atoms with Gasteiger partial charge < -0.3 is 30.2 Å². The largest absolute Gasteiger partial charge is 0.356 e. The second-order valence-electron chi connectivity index (χ2n) is 38.6. The second-order valence-corrected chi connectivity index (χ2v) is 38.6. The highest BCUT2D eigenvalue weighted by Crippen LogP contribution is 2.56. The minimum atomic E-state index is -0.0802. The molecular weight excluding hydrogens is 1250 g/mol. The lowest BCUT2D eigenvalue weighted by Crippen LogP contribution is -2.68. The summed E-state index contributed by atoms with van der Waals surface area (Å²) in [5.41, 5.74) is 44.9. The fourth-order valence-corrected chi connectivity index (χ4v) is 21.0. The first-order valence-electron chi connectivity index (χ1n) is 38.6. The number of benzene rings is 12. The van der Waals surface area contributed by atoms with Gasteiger partial charge in [-0.05, 0) is 191 Å². The van der Waals surface area contributed by atoms with Crippen LogP contribution in [0.2, 0.25) is 0 Å². The summed E-state index contributed by atoms with van der Waals surface area (Å²) in [5, 5.41) is 17.3. The molecular formula is C92H86B6N6. The van der Waals surface area contributed by atoms with Crippen molar-refractivity contribution in [2.45, 2.75) is 157 Å². The molecule has 0 amide bonds. The van der Waals surface area contributed by atoms with E-state index >= 15 is 0 Å². The average Bonchev–Trinajstić information content (AvgIpc) is 0.646. The highest BCUT2D eigenvalue weighted by atomic mass is 15.2. The fourth-order valence-electron chi connectivity index (χ4n) is 21.0. The average molecular weight is 1340 g/mol.